The van der Waals surface area contributed by atoms with E-state index in [9.17, 15) is 9.59 Å². The smallest absolute Gasteiger partial charge is 0.339 e. The molecule has 0 radical (unpaired) electrons. The first kappa shape index (κ1) is 20.0. The summed E-state index contributed by atoms with van der Waals surface area (Å²) in [5, 5.41) is -0.792. The number of carbonyl (C=O) groups is 2. The average molecular weight is 437 g/mol. The van der Waals surface area contributed by atoms with Gasteiger partial charge in [-0.2, -0.15) is 0 Å². The van der Waals surface area contributed by atoms with E-state index in [1.54, 1.807) is 6.92 Å². The molecule has 0 N–H and O–H groups in total. The van der Waals surface area contributed by atoms with Crippen LogP contribution in [0.2, 0.25) is 0 Å². The molecule has 2 aromatic rings. The molecule has 0 fully saturated rings. The van der Waals surface area contributed by atoms with Crippen LogP contribution in [0.15, 0.2) is 12.1 Å². The maximum absolute atomic E-state index is 12.8. The third-order valence-electron chi connectivity index (χ3n) is 4.61. The minimum atomic E-state index is -0.792. The monoisotopic (exact) mass is 436 g/mol. The predicted molar refractivity (Wildman–Crippen MR) is 103 cm³/mol. The van der Waals surface area contributed by atoms with Crippen LogP contribution < -0.4 is 28.4 Å². The Balaban J connectivity index is 2.11. The normalized spacial score (nSPS) is 13.2. The zero-order chi connectivity index (χ0) is 21.4. The molecule has 0 atom stereocenters. The molecule has 158 valence electrons. The molecule has 2 aliphatic rings. The third-order valence-corrected chi connectivity index (χ3v) is 4.82. The van der Waals surface area contributed by atoms with Gasteiger partial charge in [0.2, 0.25) is 25.1 Å². The number of halogens is 1. The van der Waals surface area contributed by atoms with Gasteiger partial charge in [-0.1, -0.05) is 0 Å². The second-order valence-corrected chi connectivity index (χ2v) is 6.47. The van der Waals surface area contributed by atoms with Gasteiger partial charge < -0.3 is 33.2 Å². The molecule has 0 saturated carbocycles. The summed E-state index contributed by atoms with van der Waals surface area (Å²) in [5.74, 6) is 0.807. The largest absolute Gasteiger partial charge is 0.493 e. The highest BCUT2D eigenvalue weighted by molar-refractivity contribution is 6.68. The minimum absolute atomic E-state index is 0.0335. The van der Waals surface area contributed by atoms with Gasteiger partial charge in [0, 0.05) is 16.7 Å². The lowest BCUT2D eigenvalue weighted by Gasteiger charge is -2.18. The zero-order valence-electron chi connectivity index (χ0n) is 16.3. The van der Waals surface area contributed by atoms with Crippen molar-refractivity contribution in [1.29, 1.82) is 0 Å². The molecule has 9 nitrogen and oxygen atoms in total. The molecule has 2 aromatic carbocycles. The van der Waals surface area contributed by atoms with E-state index >= 15 is 0 Å². The van der Waals surface area contributed by atoms with E-state index in [2.05, 4.69) is 0 Å². The predicted octanol–water partition coefficient (Wildman–Crippen LogP) is 3.38. The van der Waals surface area contributed by atoms with Crippen LogP contribution in [-0.4, -0.2) is 45.6 Å². The van der Waals surface area contributed by atoms with Crippen LogP contribution >= 0.6 is 11.6 Å². The molecular formula is C20H17ClO9. The molecule has 0 amide bonds. The van der Waals surface area contributed by atoms with Crippen LogP contribution in [0.5, 0.6) is 34.5 Å². The highest BCUT2D eigenvalue weighted by Crippen LogP contribution is 2.56. The first-order valence-electron chi connectivity index (χ1n) is 8.90. The Hall–Kier alpha value is -3.33. The Morgan fingerprint density at radius 1 is 0.867 bits per heavy atom. The summed E-state index contributed by atoms with van der Waals surface area (Å²) in [4.78, 5) is 25.2. The van der Waals surface area contributed by atoms with Crippen LogP contribution in [0.1, 0.15) is 27.6 Å². The first-order chi connectivity index (χ1) is 14.5. The topological polar surface area (TPSA) is 98.8 Å². The fourth-order valence-electron chi connectivity index (χ4n) is 3.40. The Labute approximate surface area is 176 Å². The van der Waals surface area contributed by atoms with Crippen LogP contribution in [-0.2, 0) is 4.74 Å². The Kier molecular flexibility index (Phi) is 5.21. The van der Waals surface area contributed by atoms with E-state index in [4.69, 9.17) is 44.8 Å². The first-order valence-corrected chi connectivity index (χ1v) is 9.28. The van der Waals surface area contributed by atoms with Crippen molar-refractivity contribution in [3.63, 3.8) is 0 Å². The quantitative estimate of drug-likeness (QED) is 0.498. The number of hydrogen-bond donors (Lipinski definition) is 0. The van der Waals surface area contributed by atoms with Crippen molar-refractivity contribution < 1.29 is 42.7 Å². The second-order valence-electron chi connectivity index (χ2n) is 6.13. The molecule has 0 spiro atoms. The van der Waals surface area contributed by atoms with Crippen molar-refractivity contribution in [2.75, 3.05) is 34.4 Å². The number of hydrogen-bond acceptors (Lipinski definition) is 9. The number of fused-ring (bicyclic) bond motifs is 2. The number of ether oxygens (including phenoxy) is 7. The van der Waals surface area contributed by atoms with E-state index in [1.807, 2.05) is 0 Å². The van der Waals surface area contributed by atoms with E-state index in [0.29, 0.717) is 0 Å². The van der Waals surface area contributed by atoms with Gasteiger partial charge in [0.15, 0.2) is 23.0 Å². The maximum Gasteiger partial charge on any atom is 0.339 e. The number of carbonyl (C=O) groups excluding carboxylic acids is 2. The summed E-state index contributed by atoms with van der Waals surface area (Å²) < 4.78 is 38.2. The Morgan fingerprint density at radius 3 is 1.80 bits per heavy atom. The fraction of sp³-hybridized carbons (Fsp3) is 0.300. The molecule has 0 saturated heterocycles. The van der Waals surface area contributed by atoms with Gasteiger partial charge in [0.25, 0.3) is 5.24 Å². The molecule has 0 aromatic heterocycles. The van der Waals surface area contributed by atoms with Crippen molar-refractivity contribution in [1.82, 2.24) is 0 Å². The summed E-state index contributed by atoms with van der Waals surface area (Å²) in [7, 11) is 2.85. The van der Waals surface area contributed by atoms with E-state index in [0.717, 1.165) is 0 Å². The van der Waals surface area contributed by atoms with Gasteiger partial charge in [0.05, 0.1) is 26.4 Å². The van der Waals surface area contributed by atoms with Crippen LogP contribution in [0.3, 0.4) is 0 Å². The zero-order valence-corrected chi connectivity index (χ0v) is 17.1. The molecule has 2 heterocycles. The second kappa shape index (κ2) is 7.83. The average Bonchev–Trinajstić information content (AvgIpc) is 3.41. The van der Waals surface area contributed by atoms with Crippen LogP contribution in [0.4, 0.5) is 0 Å². The summed E-state index contributed by atoms with van der Waals surface area (Å²) in [6, 6.07) is 2.87. The molecule has 2 aliphatic heterocycles. The van der Waals surface area contributed by atoms with Gasteiger partial charge in [0.1, 0.15) is 0 Å². The standard InChI is InChI=1S/C20H17ClO9/c1-4-26-20(23)10-6-12(25-3)16-18(30-8-28-16)14(10)13-9(19(21)22)5-11(24-2)15-17(13)29-7-27-15/h5-6H,4,7-8H2,1-3H3. The highest BCUT2D eigenvalue weighted by atomic mass is 35.5. The van der Waals surface area contributed by atoms with E-state index in [-0.39, 0.29) is 76.9 Å². The lowest BCUT2D eigenvalue weighted by Crippen LogP contribution is -2.09. The van der Waals surface area contributed by atoms with E-state index < -0.39 is 11.2 Å². The van der Waals surface area contributed by atoms with E-state index in [1.165, 1.54) is 26.4 Å². The summed E-state index contributed by atoms with van der Waals surface area (Å²) >= 11 is 5.89. The van der Waals surface area contributed by atoms with Gasteiger partial charge in [-0.15, -0.1) is 0 Å². The van der Waals surface area contributed by atoms with Crippen molar-refractivity contribution in [3.05, 3.63) is 23.3 Å². The number of rotatable bonds is 6. The fourth-order valence-corrected chi connectivity index (χ4v) is 3.55. The number of benzene rings is 2. The van der Waals surface area contributed by atoms with Gasteiger partial charge in [-0.25, -0.2) is 4.79 Å². The van der Waals surface area contributed by atoms with Gasteiger partial charge in [-0.3, -0.25) is 4.79 Å². The molecule has 0 unspecified atom stereocenters. The molecule has 30 heavy (non-hydrogen) atoms. The van der Waals surface area contributed by atoms with Crippen molar-refractivity contribution in [2.45, 2.75) is 6.92 Å². The molecular weight excluding hydrogens is 420 g/mol. The number of methoxy groups -OCH3 is 2. The SMILES string of the molecule is CCOC(=O)c1cc(OC)c2c(c1-c1c(C(=O)Cl)cc(OC)c3c1OCO3)OCO2. The van der Waals surface area contributed by atoms with Crippen LogP contribution in [0.25, 0.3) is 11.1 Å². The molecule has 0 bridgehead atoms. The lowest BCUT2D eigenvalue weighted by atomic mass is 9.92. The summed E-state index contributed by atoms with van der Waals surface area (Å²) in [6.07, 6.45) is 0. The summed E-state index contributed by atoms with van der Waals surface area (Å²) in [5.41, 5.74) is 0.539. The highest BCUT2D eigenvalue weighted by Gasteiger charge is 2.37. The third kappa shape index (κ3) is 3.02. The molecule has 0 aliphatic carbocycles. The van der Waals surface area contributed by atoms with Gasteiger partial charge in [-0.05, 0) is 30.7 Å². The minimum Gasteiger partial charge on any atom is -0.493 e. The number of esters is 1. The Morgan fingerprint density at radius 2 is 1.33 bits per heavy atom. The maximum atomic E-state index is 12.8. The molecule has 4 rings (SSSR count). The van der Waals surface area contributed by atoms with Gasteiger partial charge >= 0.3 is 5.97 Å². The van der Waals surface area contributed by atoms with Crippen molar-refractivity contribution in [3.8, 4) is 45.6 Å². The molecule has 10 heteroatoms. The summed E-state index contributed by atoms with van der Waals surface area (Å²) in [6.45, 7) is 1.60. The van der Waals surface area contributed by atoms with Crippen molar-refractivity contribution >= 4 is 22.8 Å². The van der Waals surface area contributed by atoms with Crippen molar-refractivity contribution in [2.24, 2.45) is 0 Å². The Bertz CT molecular complexity index is 1050. The van der Waals surface area contributed by atoms with Crippen LogP contribution in [0, 0.1) is 0 Å². The lowest BCUT2D eigenvalue weighted by molar-refractivity contribution is 0.0526.